The minimum absolute atomic E-state index is 0.0410. The van der Waals surface area contributed by atoms with Gasteiger partial charge < -0.3 is 15.1 Å². The molecule has 2 aliphatic heterocycles. The molecule has 7 nitrogen and oxygen atoms in total. The normalized spacial score (nSPS) is 22.5. The second kappa shape index (κ2) is 11.2. The van der Waals surface area contributed by atoms with Gasteiger partial charge in [-0.3, -0.25) is 14.4 Å². The van der Waals surface area contributed by atoms with Crippen LogP contribution in [0.4, 0.5) is 4.39 Å². The van der Waals surface area contributed by atoms with Crippen LogP contribution in [0.2, 0.25) is 5.02 Å². The number of carbonyl (C=O) groups is 3. The summed E-state index contributed by atoms with van der Waals surface area (Å²) in [6.07, 6.45) is -0.217. The van der Waals surface area contributed by atoms with Crippen molar-refractivity contribution in [3.8, 4) is 0 Å². The average Bonchev–Trinajstić information content (AvgIpc) is 2.82. The molecule has 0 bridgehead atoms. The molecule has 2 aliphatic rings. The van der Waals surface area contributed by atoms with E-state index in [1.807, 2.05) is 60.6 Å². The van der Waals surface area contributed by atoms with Gasteiger partial charge in [0.1, 0.15) is 24.9 Å². The first-order chi connectivity index (χ1) is 17.2. The summed E-state index contributed by atoms with van der Waals surface area (Å²) in [5.41, 5.74) is 3.00. The van der Waals surface area contributed by atoms with E-state index >= 15 is 0 Å². The molecule has 2 heterocycles. The van der Waals surface area contributed by atoms with Crippen LogP contribution >= 0.6 is 23.5 Å². The van der Waals surface area contributed by atoms with Crippen molar-refractivity contribution in [3.63, 3.8) is 0 Å². The fourth-order valence-corrected chi connectivity index (χ4v) is 6.08. The molecule has 0 aliphatic carbocycles. The van der Waals surface area contributed by atoms with Gasteiger partial charge in [0.15, 0.2) is 0 Å². The topological polar surface area (TPSA) is 73.0 Å². The Hall–Kier alpha value is -2.62. The van der Waals surface area contributed by atoms with E-state index in [4.69, 9.17) is 11.6 Å². The van der Waals surface area contributed by atoms with Gasteiger partial charge in [-0.1, -0.05) is 47.5 Å². The zero-order chi connectivity index (χ0) is 26.0. The predicted octanol–water partition coefficient (Wildman–Crippen LogP) is 3.36. The summed E-state index contributed by atoms with van der Waals surface area (Å²) in [5.74, 6) is -0.936. The summed E-state index contributed by atoms with van der Waals surface area (Å²) >= 11 is 7.89. The van der Waals surface area contributed by atoms with Crippen molar-refractivity contribution in [2.75, 3.05) is 26.3 Å². The molecule has 3 amide bonds. The maximum atomic E-state index is 13.7. The Balaban J connectivity index is 1.73. The van der Waals surface area contributed by atoms with Crippen LogP contribution in [0.3, 0.4) is 0 Å². The Morgan fingerprint density at radius 2 is 1.78 bits per heavy atom. The second-order valence-electron chi connectivity index (χ2n) is 9.28. The number of piperazine rings is 1. The third kappa shape index (κ3) is 5.68. The SMILES string of the molecule is CC(=O)NC1CN(Sc2ccc(C)cc2Cl)C2CN(CCF)C(=O)C(Cc3ccc(C)cc3)N2C1=O. The third-order valence-corrected chi connectivity index (χ3v) is 8.07. The minimum Gasteiger partial charge on any atom is -0.343 e. The maximum Gasteiger partial charge on any atom is 0.248 e. The lowest BCUT2D eigenvalue weighted by atomic mass is 9.96. The molecule has 0 radical (unpaired) electrons. The van der Waals surface area contributed by atoms with Crippen molar-refractivity contribution < 1.29 is 18.8 Å². The Morgan fingerprint density at radius 3 is 2.42 bits per heavy atom. The van der Waals surface area contributed by atoms with E-state index in [0.717, 1.165) is 21.6 Å². The van der Waals surface area contributed by atoms with Crippen molar-refractivity contribution in [2.45, 2.75) is 50.3 Å². The van der Waals surface area contributed by atoms with Crippen molar-refractivity contribution in [1.82, 2.24) is 19.4 Å². The van der Waals surface area contributed by atoms with E-state index in [0.29, 0.717) is 11.4 Å². The van der Waals surface area contributed by atoms with Crippen LogP contribution in [0.1, 0.15) is 23.6 Å². The Bertz CT molecular complexity index is 1150. The molecule has 2 fully saturated rings. The van der Waals surface area contributed by atoms with Gasteiger partial charge in [0.2, 0.25) is 17.7 Å². The summed E-state index contributed by atoms with van der Waals surface area (Å²) in [5, 5.41) is 3.32. The number of alkyl halides is 1. The van der Waals surface area contributed by atoms with Crippen molar-refractivity contribution >= 4 is 41.3 Å². The number of rotatable bonds is 7. The Labute approximate surface area is 220 Å². The first kappa shape index (κ1) is 26.4. The fraction of sp³-hybridized carbons (Fsp3) is 0.423. The van der Waals surface area contributed by atoms with Crippen LogP contribution in [0, 0.1) is 13.8 Å². The van der Waals surface area contributed by atoms with E-state index in [1.54, 1.807) is 4.90 Å². The molecule has 2 saturated heterocycles. The zero-order valence-electron chi connectivity index (χ0n) is 20.5. The van der Waals surface area contributed by atoms with Gasteiger partial charge in [0.05, 0.1) is 11.6 Å². The first-order valence-corrected chi connectivity index (χ1v) is 13.0. The molecule has 0 aromatic heterocycles. The minimum atomic E-state index is -0.823. The average molecular weight is 533 g/mol. The number of nitrogens with zero attached hydrogens (tertiary/aromatic N) is 3. The Kier molecular flexibility index (Phi) is 8.22. The van der Waals surface area contributed by atoms with Crippen molar-refractivity contribution in [2.24, 2.45) is 0 Å². The van der Waals surface area contributed by atoms with Gasteiger partial charge in [-0.25, -0.2) is 8.70 Å². The van der Waals surface area contributed by atoms with Crippen LogP contribution in [0.25, 0.3) is 0 Å². The van der Waals surface area contributed by atoms with E-state index in [9.17, 15) is 18.8 Å². The van der Waals surface area contributed by atoms with Gasteiger partial charge in [-0.2, -0.15) is 0 Å². The number of halogens is 2. The number of hydrogen-bond acceptors (Lipinski definition) is 5. The van der Waals surface area contributed by atoms with Gasteiger partial charge in [-0.15, -0.1) is 0 Å². The van der Waals surface area contributed by atoms with Crippen LogP contribution in [0.15, 0.2) is 47.4 Å². The Morgan fingerprint density at radius 1 is 1.08 bits per heavy atom. The van der Waals surface area contributed by atoms with Crippen LogP contribution < -0.4 is 5.32 Å². The summed E-state index contributed by atoms with van der Waals surface area (Å²) in [6.45, 7) is 4.97. The number of benzene rings is 2. The largest absolute Gasteiger partial charge is 0.343 e. The molecule has 0 saturated carbocycles. The highest BCUT2D eigenvalue weighted by Gasteiger charge is 2.51. The second-order valence-corrected chi connectivity index (χ2v) is 10.8. The fourth-order valence-electron chi connectivity index (χ4n) is 4.70. The van der Waals surface area contributed by atoms with E-state index < -0.39 is 24.9 Å². The van der Waals surface area contributed by atoms with Crippen LogP contribution in [0.5, 0.6) is 0 Å². The molecule has 1 N–H and O–H groups in total. The number of hydrogen-bond donors (Lipinski definition) is 1. The lowest BCUT2D eigenvalue weighted by molar-refractivity contribution is -0.167. The quantitative estimate of drug-likeness (QED) is 0.554. The lowest BCUT2D eigenvalue weighted by Gasteiger charge is -2.53. The highest BCUT2D eigenvalue weighted by molar-refractivity contribution is 7.97. The molecule has 10 heteroatoms. The highest BCUT2D eigenvalue weighted by atomic mass is 35.5. The number of aryl methyl sites for hydroxylation is 2. The molecule has 192 valence electrons. The summed E-state index contributed by atoms with van der Waals surface area (Å²) in [6, 6.07) is 11.9. The molecular weight excluding hydrogens is 503 g/mol. The van der Waals surface area contributed by atoms with Gasteiger partial charge in [0.25, 0.3) is 0 Å². The molecule has 0 spiro atoms. The standard InChI is InChI=1S/C26H30ClFN4O3S/c1-16-4-7-19(8-5-16)13-22-26(35)30(11-10-28)15-24-31(36-23-9-6-17(2)12-20(23)27)14-21(29-18(3)33)25(34)32(22)24/h4-9,12,21-22,24H,10-11,13-15H2,1-3H3,(H,29,33). The summed E-state index contributed by atoms with van der Waals surface area (Å²) < 4.78 is 15.4. The third-order valence-electron chi connectivity index (χ3n) is 6.47. The lowest BCUT2D eigenvalue weighted by Crippen LogP contribution is -2.74. The first-order valence-electron chi connectivity index (χ1n) is 11.9. The summed E-state index contributed by atoms with van der Waals surface area (Å²) in [4.78, 5) is 43.0. The molecule has 3 atom stereocenters. The van der Waals surface area contributed by atoms with E-state index in [-0.39, 0.29) is 37.4 Å². The smallest absolute Gasteiger partial charge is 0.248 e. The molecule has 2 aromatic rings. The number of carbonyl (C=O) groups excluding carboxylic acids is 3. The molecule has 2 aromatic carbocycles. The van der Waals surface area contributed by atoms with E-state index in [2.05, 4.69) is 5.32 Å². The predicted molar refractivity (Wildman–Crippen MR) is 138 cm³/mol. The van der Waals surface area contributed by atoms with Gasteiger partial charge in [0, 0.05) is 31.3 Å². The van der Waals surface area contributed by atoms with E-state index in [1.165, 1.54) is 23.8 Å². The zero-order valence-corrected chi connectivity index (χ0v) is 22.1. The highest BCUT2D eigenvalue weighted by Crippen LogP contribution is 2.37. The number of amides is 3. The molecule has 3 unspecified atom stereocenters. The van der Waals surface area contributed by atoms with Crippen LogP contribution in [-0.4, -0.2) is 76.4 Å². The molecule has 36 heavy (non-hydrogen) atoms. The van der Waals surface area contributed by atoms with Gasteiger partial charge in [-0.05, 0) is 49.1 Å². The summed E-state index contributed by atoms with van der Waals surface area (Å²) in [7, 11) is 0. The van der Waals surface area contributed by atoms with Crippen LogP contribution in [-0.2, 0) is 20.8 Å². The van der Waals surface area contributed by atoms with Crippen molar-refractivity contribution in [1.29, 1.82) is 0 Å². The van der Waals surface area contributed by atoms with Crippen molar-refractivity contribution in [3.05, 3.63) is 64.2 Å². The molecular formula is C26H30ClFN4O3S. The number of fused-ring (bicyclic) bond motifs is 1. The van der Waals surface area contributed by atoms with Gasteiger partial charge >= 0.3 is 0 Å². The maximum absolute atomic E-state index is 13.7. The molecule has 4 rings (SSSR count). The monoisotopic (exact) mass is 532 g/mol. The number of nitrogens with one attached hydrogen (secondary N) is 1.